The molecule has 2 aromatic heterocycles. The topological polar surface area (TPSA) is 92.3 Å². The van der Waals surface area contributed by atoms with Crippen LogP contribution in [0.1, 0.15) is 5.56 Å². The molecule has 1 fully saturated rings. The SMILES string of the molecule is C#Cc1ccc(F)c(Nc2ncnc3ccc(OC(=O)N4CCNC4)nc23)c1. The quantitative estimate of drug-likeness (QED) is 0.676. The number of hydrogen-bond acceptors (Lipinski definition) is 7. The van der Waals surface area contributed by atoms with E-state index in [4.69, 9.17) is 11.2 Å². The predicted octanol–water partition coefficient (Wildman–Crippen LogP) is 2.25. The number of amides is 1. The van der Waals surface area contributed by atoms with Crippen molar-refractivity contribution in [3.63, 3.8) is 0 Å². The standard InChI is InChI=1S/C19H15FN6O2/c1-2-12-3-4-13(20)15(9-12)24-18-17-14(22-10-23-18)5-6-16(25-17)28-19(27)26-8-7-21-11-26/h1,3-6,9-10,21H,7-8,11H2,(H,22,23,24). The molecule has 0 radical (unpaired) electrons. The Morgan fingerprint density at radius 2 is 2.21 bits per heavy atom. The lowest BCUT2D eigenvalue weighted by molar-refractivity contribution is 0.160. The molecule has 0 saturated carbocycles. The number of anilines is 2. The third-order valence-corrected chi connectivity index (χ3v) is 4.15. The molecular formula is C19H15FN6O2. The summed E-state index contributed by atoms with van der Waals surface area (Å²) in [5.41, 5.74) is 1.51. The number of rotatable bonds is 3. The van der Waals surface area contributed by atoms with E-state index in [1.807, 2.05) is 0 Å². The Hall–Kier alpha value is -3.77. The molecule has 1 aliphatic heterocycles. The normalized spacial score (nSPS) is 13.4. The monoisotopic (exact) mass is 378 g/mol. The summed E-state index contributed by atoms with van der Waals surface area (Å²) in [6.45, 7) is 1.70. The van der Waals surface area contributed by atoms with Crippen molar-refractivity contribution in [3.8, 4) is 18.2 Å². The highest BCUT2D eigenvalue weighted by molar-refractivity contribution is 5.87. The van der Waals surface area contributed by atoms with Crippen LogP contribution in [0.4, 0.5) is 20.7 Å². The van der Waals surface area contributed by atoms with Crippen LogP contribution in [-0.4, -0.2) is 45.7 Å². The van der Waals surface area contributed by atoms with Gasteiger partial charge in [0.15, 0.2) is 5.82 Å². The molecule has 3 aromatic rings. The van der Waals surface area contributed by atoms with E-state index in [9.17, 15) is 9.18 Å². The van der Waals surface area contributed by atoms with Crippen LogP contribution in [0.3, 0.4) is 0 Å². The molecule has 140 valence electrons. The molecule has 1 aliphatic rings. The third-order valence-electron chi connectivity index (χ3n) is 4.15. The summed E-state index contributed by atoms with van der Waals surface area (Å²) < 4.78 is 19.5. The van der Waals surface area contributed by atoms with Gasteiger partial charge in [0.1, 0.15) is 17.7 Å². The average molecular weight is 378 g/mol. The van der Waals surface area contributed by atoms with Gasteiger partial charge in [-0.25, -0.2) is 24.1 Å². The van der Waals surface area contributed by atoms with Gasteiger partial charge in [-0.05, 0) is 24.3 Å². The van der Waals surface area contributed by atoms with Gasteiger partial charge >= 0.3 is 6.09 Å². The summed E-state index contributed by atoms with van der Waals surface area (Å²) in [5, 5.41) is 5.93. The third kappa shape index (κ3) is 3.54. The number of terminal acetylenes is 1. The molecule has 0 aliphatic carbocycles. The Morgan fingerprint density at radius 1 is 1.32 bits per heavy atom. The van der Waals surface area contributed by atoms with Gasteiger partial charge in [0.05, 0.1) is 17.9 Å². The summed E-state index contributed by atoms with van der Waals surface area (Å²) in [6.07, 6.45) is 6.20. The van der Waals surface area contributed by atoms with Crippen LogP contribution in [0.25, 0.3) is 11.0 Å². The minimum Gasteiger partial charge on any atom is -0.391 e. The number of carbonyl (C=O) groups excluding carboxylic acids is 1. The second-order valence-electron chi connectivity index (χ2n) is 5.99. The zero-order valence-corrected chi connectivity index (χ0v) is 14.6. The number of carbonyl (C=O) groups is 1. The Morgan fingerprint density at radius 3 is 3.00 bits per heavy atom. The van der Waals surface area contributed by atoms with Gasteiger partial charge in [-0.1, -0.05) is 5.92 Å². The van der Waals surface area contributed by atoms with Crippen LogP contribution in [0.15, 0.2) is 36.7 Å². The summed E-state index contributed by atoms with van der Waals surface area (Å²) >= 11 is 0. The fraction of sp³-hybridized carbons (Fsp3) is 0.158. The van der Waals surface area contributed by atoms with Crippen molar-refractivity contribution in [1.29, 1.82) is 0 Å². The molecule has 3 heterocycles. The van der Waals surface area contributed by atoms with Crippen molar-refractivity contribution in [2.45, 2.75) is 0 Å². The summed E-state index contributed by atoms with van der Waals surface area (Å²) in [5.74, 6) is 2.32. The first-order chi connectivity index (χ1) is 13.6. The lowest BCUT2D eigenvalue weighted by Gasteiger charge is -2.14. The fourth-order valence-corrected chi connectivity index (χ4v) is 2.73. The van der Waals surface area contributed by atoms with Gasteiger partial charge in [0.2, 0.25) is 5.88 Å². The first-order valence-electron chi connectivity index (χ1n) is 8.46. The number of halogens is 1. The molecule has 1 aromatic carbocycles. The van der Waals surface area contributed by atoms with Crippen LogP contribution in [0, 0.1) is 18.2 Å². The Balaban J connectivity index is 1.65. The molecule has 1 saturated heterocycles. The molecule has 0 spiro atoms. The van der Waals surface area contributed by atoms with Crippen molar-refractivity contribution in [1.82, 2.24) is 25.2 Å². The van der Waals surface area contributed by atoms with E-state index in [0.717, 1.165) is 0 Å². The van der Waals surface area contributed by atoms with Crippen LogP contribution < -0.4 is 15.4 Å². The van der Waals surface area contributed by atoms with Crippen LogP contribution in [0.5, 0.6) is 5.88 Å². The lowest BCUT2D eigenvalue weighted by atomic mass is 10.2. The van der Waals surface area contributed by atoms with E-state index >= 15 is 0 Å². The Kier molecular flexibility index (Phi) is 4.70. The van der Waals surface area contributed by atoms with Gasteiger partial charge in [0, 0.05) is 24.7 Å². The molecule has 2 N–H and O–H groups in total. The minimum absolute atomic E-state index is 0.0973. The van der Waals surface area contributed by atoms with E-state index in [1.165, 1.54) is 29.4 Å². The smallest absolute Gasteiger partial charge is 0.391 e. The number of ether oxygens (including phenoxy) is 1. The highest BCUT2D eigenvalue weighted by Gasteiger charge is 2.20. The number of nitrogens with one attached hydrogen (secondary N) is 2. The zero-order valence-electron chi connectivity index (χ0n) is 14.6. The maximum atomic E-state index is 14.1. The number of pyridine rings is 1. The average Bonchev–Trinajstić information content (AvgIpc) is 3.25. The molecule has 0 unspecified atom stereocenters. The van der Waals surface area contributed by atoms with E-state index in [0.29, 0.717) is 36.4 Å². The highest BCUT2D eigenvalue weighted by Crippen LogP contribution is 2.26. The molecule has 8 nitrogen and oxygen atoms in total. The summed E-state index contributed by atoms with van der Waals surface area (Å²) in [6, 6.07) is 7.45. The van der Waals surface area contributed by atoms with Crippen molar-refractivity contribution in [2.24, 2.45) is 0 Å². The van der Waals surface area contributed by atoms with Crippen LogP contribution in [0.2, 0.25) is 0 Å². The molecule has 1 amide bonds. The molecule has 4 rings (SSSR count). The van der Waals surface area contributed by atoms with Crippen molar-refractivity contribution < 1.29 is 13.9 Å². The number of aromatic nitrogens is 3. The summed E-state index contributed by atoms with van der Waals surface area (Å²) in [4.78, 5) is 26.3. The molecule has 9 heteroatoms. The van der Waals surface area contributed by atoms with Crippen molar-refractivity contribution in [3.05, 3.63) is 48.0 Å². The van der Waals surface area contributed by atoms with Crippen LogP contribution >= 0.6 is 0 Å². The largest absolute Gasteiger partial charge is 0.417 e. The molecule has 28 heavy (non-hydrogen) atoms. The van der Waals surface area contributed by atoms with Crippen LogP contribution in [-0.2, 0) is 0 Å². The number of hydrogen-bond donors (Lipinski definition) is 2. The number of nitrogens with zero attached hydrogens (tertiary/aromatic N) is 4. The maximum Gasteiger partial charge on any atom is 0.417 e. The Labute approximate surface area is 159 Å². The number of fused-ring (bicyclic) bond motifs is 1. The van der Waals surface area contributed by atoms with Gasteiger partial charge in [-0.2, -0.15) is 0 Å². The van der Waals surface area contributed by atoms with E-state index in [-0.39, 0.29) is 17.4 Å². The van der Waals surface area contributed by atoms with Crippen molar-refractivity contribution >= 4 is 28.6 Å². The predicted molar refractivity (Wildman–Crippen MR) is 101 cm³/mol. The van der Waals surface area contributed by atoms with Gasteiger partial charge in [-0.15, -0.1) is 6.42 Å². The second-order valence-corrected chi connectivity index (χ2v) is 5.99. The zero-order chi connectivity index (χ0) is 19.5. The molecule has 0 atom stereocenters. The number of benzene rings is 1. The summed E-state index contributed by atoms with van der Waals surface area (Å²) in [7, 11) is 0. The minimum atomic E-state index is -0.504. The molecular weight excluding hydrogens is 363 g/mol. The van der Waals surface area contributed by atoms with Gasteiger partial charge in [-0.3, -0.25) is 10.2 Å². The first-order valence-corrected chi connectivity index (χ1v) is 8.46. The van der Waals surface area contributed by atoms with E-state index < -0.39 is 11.9 Å². The molecule has 0 bridgehead atoms. The fourth-order valence-electron chi connectivity index (χ4n) is 2.73. The second kappa shape index (κ2) is 7.46. The van der Waals surface area contributed by atoms with Gasteiger partial charge < -0.3 is 10.1 Å². The van der Waals surface area contributed by atoms with Gasteiger partial charge in [0.25, 0.3) is 0 Å². The van der Waals surface area contributed by atoms with Crippen molar-refractivity contribution in [2.75, 3.05) is 25.1 Å². The first kappa shape index (κ1) is 17.6. The van der Waals surface area contributed by atoms with E-state index in [2.05, 4.69) is 31.5 Å². The maximum absolute atomic E-state index is 14.1. The lowest BCUT2D eigenvalue weighted by Crippen LogP contribution is -2.32. The highest BCUT2D eigenvalue weighted by atomic mass is 19.1. The Bertz CT molecular complexity index is 1090. The van der Waals surface area contributed by atoms with E-state index in [1.54, 1.807) is 12.1 Å².